The molecule has 0 unspecified atom stereocenters. The van der Waals surface area contributed by atoms with Crippen molar-refractivity contribution in [2.75, 3.05) is 12.4 Å². The molecule has 4 aromatic rings. The van der Waals surface area contributed by atoms with E-state index < -0.39 is 30.4 Å². The van der Waals surface area contributed by atoms with Gasteiger partial charge in [-0.25, -0.2) is 20.4 Å². The molecular formula is C24H26N8O5. The molecule has 37 heavy (non-hydrogen) atoms. The SMILES string of the molecule is CONC(=O)[C@H]1O[C@@H](n2cnc3c(NCc4cccc(C)n4)nc(-c4cncc(C)c4)nc32)[C@H](O)[C@@H]1O. The molecule has 0 saturated carbocycles. The number of aliphatic hydroxyl groups excluding tert-OH is 2. The molecule has 5 heterocycles. The molecule has 4 N–H and O–H groups in total. The number of carbonyl (C=O) groups excluding carboxylic acids is 1. The maximum absolute atomic E-state index is 12.2. The number of amides is 1. The highest BCUT2D eigenvalue weighted by Crippen LogP contribution is 2.33. The van der Waals surface area contributed by atoms with Crippen molar-refractivity contribution in [2.24, 2.45) is 0 Å². The molecule has 4 aromatic heterocycles. The van der Waals surface area contributed by atoms with Crippen LogP contribution in [0, 0.1) is 13.8 Å². The second-order valence-electron chi connectivity index (χ2n) is 8.69. The van der Waals surface area contributed by atoms with Crippen molar-refractivity contribution >= 4 is 22.9 Å². The summed E-state index contributed by atoms with van der Waals surface area (Å²) in [6, 6.07) is 7.64. The van der Waals surface area contributed by atoms with Crippen LogP contribution in [0.3, 0.4) is 0 Å². The topological polar surface area (TPSA) is 169 Å². The van der Waals surface area contributed by atoms with Gasteiger partial charge in [-0.3, -0.25) is 24.2 Å². The van der Waals surface area contributed by atoms with Crippen molar-refractivity contribution in [3.8, 4) is 11.4 Å². The molecule has 192 valence electrons. The van der Waals surface area contributed by atoms with E-state index in [1.165, 1.54) is 18.0 Å². The number of imidazole rings is 1. The Bertz CT molecular complexity index is 1440. The number of carbonyl (C=O) groups is 1. The third-order valence-electron chi connectivity index (χ3n) is 5.91. The Morgan fingerprint density at radius 3 is 2.76 bits per heavy atom. The number of hydroxylamine groups is 1. The molecule has 13 nitrogen and oxygen atoms in total. The lowest BCUT2D eigenvalue weighted by Crippen LogP contribution is -2.42. The molecule has 4 atom stereocenters. The van der Waals surface area contributed by atoms with E-state index in [2.05, 4.69) is 35.6 Å². The van der Waals surface area contributed by atoms with E-state index in [0.717, 1.165) is 17.0 Å². The first kappa shape index (κ1) is 24.6. The van der Waals surface area contributed by atoms with E-state index in [4.69, 9.17) is 9.72 Å². The summed E-state index contributed by atoms with van der Waals surface area (Å²) in [7, 11) is 1.26. The lowest BCUT2D eigenvalue weighted by molar-refractivity contribution is -0.148. The van der Waals surface area contributed by atoms with Crippen LogP contribution in [0.15, 0.2) is 43.0 Å². The van der Waals surface area contributed by atoms with Gasteiger partial charge in [0.1, 0.15) is 12.2 Å². The predicted octanol–water partition coefficient (Wildman–Crippen LogP) is 0.809. The zero-order valence-electron chi connectivity index (χ0n) is 20.4. The molecule has 0 spiro atoms. The summed E-state index contributed by atoms with van der Waals surface area (Å²) in [5.41, 5.74) is 6.16. The zero-order chi connectivity index (χ0) is 26.1. The normalized spacial score (nSPS) is 21.3. The van der Waals surface area contributed by atoms with Crippen LogP contribution in [-0.4, -0.2) is 71.0 Å². The number of fused-ring (bicyclic) bond motifs is 1. The first-order valence-electron chi connectivity index (χ1n) is 11.5. The molecule has 13 heteroatoms. The van der Waals surface area contributed by atoms with E-state index in [0.29, 0.717) is 34.9 Å². The number of rotatable bonds is 7. The number of anilines is 1. The Morgan fingerprint density at radius 1 is 1.16 bits per heavy atom. The highest BCUT2D eigenvalue weighted by Gasteiger charge is 2.48. The van der Waals surface area contributed by atoms with E-state index in [1.54, 1.807) is 12.4 Å². The number of hydrogen-bond donors (Lipinski definition) is 4. The fraction of sp³-hybridized carbons (Fsp3) is 0.333. The van der Waals surface area contributed by atoms with Crippen molar-refractivity contribution in [3.63, 3.8) is 0 Å². The van der Waals surface area contributed by atoms with Crippen molar-refractivity contribution in [1.82, 2.24) is 35.0 Å². The van der Waals surface area contributed by atoms with Gasteiger partial charge in [-0.15, -0.1) is 0 Å². The van der Waals surface area contributed by atoms with Gasteiger partial charge < -0.3 is 20.3 Å². The van der Waals surface area contributed by atoms with Gasteiger partial charge in [0.2, 0.25) is 0 Å². The molecule has 1 amide bonds. The average Bonchev–Trinajstić information content (AvgIpc) is 3.43. The van der Waals surface area contributed by atoms with Crippen LogP contribution < -0.4 is 10.8 Å². The summed E-state index contributed by atoms with van der Waals surface area (Å²) in [4.78, 5) is 39.5. The zero-order valence-corrected chi connectivity index (χ0v) is 20.4. The van der Waals surface area contributed by atoms with Crippen molar-refractivity contribution in [2.45, 2.75) is 44.9 Å². The maximum atomic E-state index is 12.2. The summed E-state index contributed by atoms with van der Waals surface area (Å²) in [5, 5.41) is 24.5. The van der Waals surface area contributed by atoms with E-state index in [9.17, 15) is 15.0 Å². The first-order chi connectivity index (χ1) is 17.9. The molecule has 1 fully saturated rings. The third-order valence-corrected chi connectivity index (χ3v) is 5.91. The number of aromatic nitrogens is 6. The van der Waals surface area contributed by atoms with E-state index >= 15 is 0 Å². The van der Waals surface area contributed by atoms with Crippen molar-refractivity contribution < 1.29 is 24.6 Å². The molecule has 0 bridgehead atoms. The number of hydrogen-bond acceptors (Lipinski definition) is 11. The van der Waals surface area contributed by atoms with Crippen LogP contribution in [0.1, 0.15) is 23.2 Å². The lowest BCUT2D eigenvalue weighted by Gasteiger charge is -2.17. The Balaban J connectivity index is 1.56. The third kappa shape index (κ3) is 4.84. The maximum Gasteiger partial charge on any atom is 0.275 e. The number of aliphatic hydroxyl groups is 2. The van der Waals surface area contributed by atoms with Crippen LogP contribution in [0.5, 0.6) is 0 Å². The quantitative estimate of drug-likeness (QED) is 0.262. The van der Waals surface area contributed by atoms with Crippen LogP contribution in [0.2, 0.25) is 0 Å². The molecular weight excluding hydrogens is 480 g/mol. The predicted molar refractivity (Wildman–Crippen MR) is 131 cm³/mol. The fourth-order valence-corrected chi connectivity index (χ4v) is 4.17. The first-order valence-corrected chi connectivity index (χ1v) is 11.5. The highest BCUT2D eigenvalue weighted by atomic mass is 16.6. The summed E-state index contributed by atoms with van der Waals surface area (Å²) < 4.78 is 7.19. The van der Waals surface area contributed by atoms with Gasteiger partial charge in [-0.2, -0.15) is 0 Å². The highest BCUT2D eigenvalue weighted by molar-refractivity contribution is 5.85. The largest absolute Gasteiger partial charge is 0.387 e. The summed E-state index contributed by atoms with van der Waals surface area (Å²) in [5.74, 6) is 0.0762. The number of nitrogens with one attached hydrogen (secondary N) is 2. The second-order valence-corrected chi connectivity index (χ2v) is 8.69. The minimum atomic E-state index is -1.50. The molecule has 1 aliphatic heterocycles. The van der Waals surface area contributed by atoms with Crippen LogP contribution in [-0.2, 0) is 20.9 Å². The van der Waals surface area contributed by atoms with Gasteiger partial charge >= 0.3 is 0 Å². The van der Waals surface area contributed by atoms with Crippen LogP contribution >= 0.6 is 0 Å². The summed E-state index contributed by atoms with van der Waals surface area (Å²) in [6.07, 6.45) is -0.630. The Morgan fingerprint density at radius 2 is 2.00 bits per heavy atom. The van der Waals surface area contributed by atoms with Crippen molar-refractivity contribution in [3.05, 3.63) is 59.9 Å². The van der Waals surface area contributed by atoms with E-state index in [-0.39, 0.29) is 0 Å². The Hall–Kier alpha value is -4.04. The molecule has 0 radical (unpaired) electrons. The van der Waals surface area contributed by atoms with Crippen molar-refractivity contribution in [1.29, 1.82) is 0 Å². The fourth-order valence-electron chi connectivity index (χ4n) is 4.17. The smallest absolute Gasteiger partial charge is 0.275 e. The van der Waals surface area contributed by atoms with Gasteiger partial charge in [0, 0.05) is 23.7 Å². The van der Waals surface area contributed by atoms with E-state index in [1.807, 2.05) is 38.1 Å². The molecule has 1 saturated heterocycles. The molecule has 0 aliphatic carbocycles. The minimum absolute atomic E-state index is 0.329. The number of nitrogens with zero attached hydrogens (tertiary/aromatic N) is 6. The number of aryl methyl sites for hydroxylation is 2. The molecule has 5 rings (SSSR count). The van der Waals surface area contributed by atoms with Crippen LogP contribution in [0.4, 0.5) is 5.82 Å². The summed E-state index contributed by atoms with van der Waals surface area (Å²) in [6.45, 7) is 4.21. The van der Waals surface area contributed by atoms with Gasteiger partial charge in [-0.05, 0) is 37.6 Å². The second kappa shape index (κ2) is 10.1. The van der Waals surface area contributed by atoms with Gasteiger partial charge in [0.25, 0.3) is 5.91 Å². The van der Waals surface area contributed by atoms with Crippen LogP contribution in [0.25, 0.3) is 22.6 Å². The average molecular weight is 507 g/mol. The molecule has 1 aliphatic rings. The van der Waals surface area contributed by atoms with Gasteiger partial charge in [0.15, 0.2) is 35.1 Å². The Labute approximate surface area is 211 Å². The lowest BCUT2D eigenvalue weighted by atomic mass is 10.1. The Kier molecular flexibility index (Phi) is 6.76. The standard InChI is InChI=1S/C24H26N8O5/c1-12-7-14(9-25-8-12)20-29-21(26-10-15-6-4-5-13(2)28-15)16-22(30-20)32(11-27-16)24-18(34)17(33)19(37-24)23(35)31-36-3/h4-9,11,17-19,24,33-34H,10H2,1-3H3,(H,31,35)(H,26,29,30)/t17-,18+,19-,24+/m0/s1. The minimum Gasteiger partial charge on any atom is -0.387 e. The summed E-state index contributed by atoms with van der Waals surface area (Å²) >= 11 is 0. The number of ether oxygens (including phenoxy) is 1. The molecule has 0 aromatic carbocycles. The van der Waals surface area contributed by atoms with Gasteiger partial charge in [-0.1, -0.05) is 6.07 Å². The monoisotopic (exact) mass is 506 g/mol. The van der Waals surface area contributed by atoms with Gasteiger partial charge in [0.05, 0.1) is 25.7 Å². The number of pyridine rings is 2.